The monoisotopic (exact) mass is 412 g/mol. The Kier molecular flexibility index (Phi) is 7.93. The first-order valence-electron chi connectivity index (χ1n) is 10.1. The van der Waals surface area contributed by atoms with E-state index >= 15 is 0 Å². The zero-order valence-electron chi connectivity index (χ0n) is 18.1. The lowest BCUT2D eigenvalue weighted by atomic mass is 10.1. The fraction of sp³-hybridized carbons (Fsp3) is 0.417. The normalized spacial score (nSPS) is 13.0. The molecule has 0 N–H and O–H groups in total. The summed E-state index contributed by atoms with van der Waals surface area (Å²) in [5.41, 5.74) is 0. The van der Waals surface area contributed by atoms with Crippen LogP contribution in [0, 0.1) is 0 Å². The number of benzene rings is 2. The Morgan fingerprint density at radius 2 is 1.41 bits per heavy atom. The van der Waals surface area contributed by atoms with Crippen LogP contribution in [0.15, 0.2) is 60.7 Å². The lowest BCUT2D eigenvalue weighted by Gasteiger charge is -2.44. The average Bonchev–Trinajstić information content (AvgIpc) is 2.70. The van der Waals surface area contributed by atoms with E-state index < -0.39 is 14.3 Å². The maximum atomic E-state index is 12.1. The quantitative estimate of drug-likeness (QED) is 0.356. The molecule has 0 bridgehead atoms. The molecule has 0 saturated heterocycles. The standard InChI is InChI=1S/C24H32O4Si/c1-19(16-17-20(25)18-23(26)27-5)28-29(24(2,3)4,21-12-8-6-9-13-21)22-14-10-7-11-15-22/h6-15,19H,16-18H2,1-5H3/t19-/m1/s1. The van der Waals surface area contributed by atoms with Crippen LogP contribution in [0.2, 0.25) is 5.04 Å². The number of carbonyl (C=O) groups is 2. The van der Waals surface area contributed by atoms with Crippen molar-refractivity contribution in [1.29, 1.82) is 0 Å². The summed E-state index contributed by atoms with van der Waals surface area (Å²) in [5, 5.41) is 2.32. The number of methoxy groups -OCH3 is 1. The molecule has 0 heterocycles. The van der Waals surface area contributed by atoms with Gasteiger partial charge >= 0.3 is 5.97 Å². The predicted octanol–water partition coefficient (Wildman–Crippen LogP) is 3.86. The molecule has 1 atom stereocenters. The van der Waals surface area contributed by atoms with E-state index in [1.807, 2.05) is 19.1 Å². The Balaban J connectivity index is 2.33. The SMILES string of the molecule is COC(=O)CC(=O)CC[C@@H](C)O[Si](c1ccccc1)(c1ccccc1)C(C)(C)C. The lowest BCUT2D eigenvalue weighted by Crippen LogP contribution is -2.67. The average molecular weight is 413 g/mol. The van der Waals surface area contributed by atoms with Crippen molar-refractivity contribution in [3.8, 4) is 0 Å². The van der Waals surface area contributed by atoms with Gasteiger partial charge in [-0.15, -0.1) is 0 Å². The highest BCUT2D eigenvalue weighted by atomic mass is 28.4. The van der Waals surface area contributed by atoms with Crippen LogP contribution in [0.1, 0.15) is 47.0 Å². The molecule has 0 amide bonds. The third kappa shape index (κ3) is 5.64. The molecule has 0 aromatic heterocycles. The number of rotatable bonds is 9. The van der Waals surface area contributed by atoms with Gasteiger partial charge in [0.1, 0.15) is 12.2 Å². The second kappa shape index (κ2) is 9.99. The fourth-order valence-corrected chi connectivity index (χ4v) is 8.47. The van der Waals surface area contributed by atoms with Crippen LogP contribution in [0.25, 0.3) is 0 Å². The van der Waals surface area contributed by atoms with Gasteiger partial charge in [-0.3, -0.25) is 9.59 Å². The minimum absolute atomic E-state index is 0.111. The van der Waals surface area contributed by atoms with Crippen molar-refractivity contribution in [2.24, 2.45) is 0 Å². The van der Waals surface area contributed by atoms with E-state index in [-0.39, 0.29) is 23.3 Å². The fourth-order valence-electron chi connectivity index (χ4n) is 3.74. The smallest absolute Gasteiger partial charge is 0.313 e. The van der Waals surface area contributed by atoms with Crippen molar-refractivity contribution in [1.82, 2.24) is 0 Å². The molecule has 29 heavy (non-hydrogen) atoms. The van der Waals surface area contributed by atoms with Crippen molar-refractivity contribution in [2.75, 3.05) is 7.11 Å². The highest BCUT2D eigenvalue weighted by molar-refractivity contribution is 6.99. The van der Waals surface area contributed by atoms with Crippen molar-refractivity contribution in [3.63, 3.8) is 0 Å². The van der Waals surface area contributed by atoms with Crippen LogP contribution in [0.3, 0.4) is 0 Å². The number of esters is 1. The zero-order chi connectivity index (χ0) is 21.5. The molecule has 5 heteroatoms. The highest BCUT2D eigenvalue weighted by Crippen LogP contribution is 2.37. The Morgan fingerprint density at radius 3 is 1.83 bits per heavy atom. The van der Waals surface area contributed by atoms with E-state index in [0.717, 1.165) is 0 Å². The largest absolute Gasteiger partial charge is 0.469 e. The summed E-state index contributed by atoms with van der Waals surface area (Å²) >= 11 is 0. The Labute approximate surface area is 175 Å². The Morgan fingerprint density at radius 1 is 0.931 bits per heavy atom. The van der Waals surface area contributed by atoms with Crippen LogP contribution >= 0.6 is 0 Å². The van der Waals surface area contributed by atoms with Crippen molar-refractivity contribution in [3.05, 3.63) is 60.7 Å². The lowest BCUT2D eigenvalue weighted by molar-refractivity contribution is -0.143. The Bertz CT molecular complexity index is 757. The number of ketones is 1. The van der Waals surface area contributed by atoms with E-state index in [2.05, 4.69) is 74.0 Å². The van der Waals surface area contributed by atoms with Gasteiger partial charge in [0, 0.05) is 12.5 Å². The summed E-state index contributed by atoms with van der Waals surface area (Å²) in [6, 6.07) is 20.9. The van der Waals surface area contributed by atoms with Crippen LogP contribution in [0.4, 0.5) is 0 Å². The first-order chi connectivity index (χ1) is 13.7. The van der Waals surface area contributed by atoms with Gasteiger partial charge in [0.2, 0.25) is 0 Å². The molecule has 0 aliphatic rings. The third-order valence-corrected chi connectivity index (χ3v) is 10.4. The van der Waals surface area contributed by atoms with Crippen molar-refractivity contribution >= 4 is 30.4 Å². The summed E-state index contributed by atoms with van der Waals surface area (Å²) in [5.74, 6) is -0.606. The van der Waals surface area contributed by atoms with Gasteiger partial charge in [0.25, 0.3) is 8.32 Å². The topological polar surface area (TPSA) is 52.6 Å². The molecule has 0 aliphatic carbocycles. The predicted molar refractivity (Wildman–Crippen MR) is 119 cm³/mol. The van der Waals surface area contributed by atoms with Gasteiger partial charge < -0.3 is 9.16 Å². The Hall–Kier alpha value is -2.24. The summed E-state index contributed by atoms with van der Waals surface area (Å²) in [6.45, 7) is 8.71. The summed E-state index contributed by atoms with van der Waals surface area (Å²) in [4.78, 5) is 23.4. The minimum atomic E-state index is -2.63. The minimum Gasteiger partial charge on any atom is -0.469 e. The molecule has 2 rings (SSSR count). The molecule has 0 fully saturated rings. The van der Waals surface area contributed by atoms with E-state index in [1.54, 1.807) is 0 Å². The van der Waals surface area contributed by atoms with Gasteiger partial charge in [-0.05, 0) is 28.8 Å². The number of hydrogen-bond donors (Lipinski definition) is 0. The van der Waals surface area contributed by atoms with Gasteiger partial charge in [-0.1, -0.05) is 81.4 Å². The summed E-state index contributed by atoms with van der Waals surface area (Å²) < 4.78 is 11.5. The molecule has 4 nitrogen and oxygen atoms in total. The van der Waals surface area contributed by atoms with E-state index in [0.29, 0.717) is 12.8 Å². The van der Waals surface area contributed by atoms with Crippen LogP contribution in [0.5, 0.6) is 0 Å². The van der Waals surface area contributed by atoms with Crippen LogP contribution in [-0.4, -0.2) is 33.3 Å². The van der Waals surface area contributed by atoms with Crippen molar-refractivity contribution < 1.29 is 18.8 Å². The molecule has 0 aliphatic heterocycles. The maximum Gasteiger partial charge on any atom is 0.313 e. The van der Waals surface area contributed by atoms with E-state index in [9.17, 15) is 9.59 Å². The van der Waals surface area contributed by atoms with Crippen molar-refractivity contribution in [2.45, 2.75) is 58.1 Å². The maximum absolute atomic E-state index is 12.1. The highest BCUT2D eigenvalue weighted by Gasteiger charge is 2.50. The van der Waals surface area contributed by atoms with Gasteiger partial charge in [0.15, 0.2) is 0 Å². The molecule has 0 unspecified atom stereocenters. The van der Waals surface area contributed by atoms with Gasteiger partial charge in [-0.25, -0.2) is 0 Å². The van der Waals surface area contributed by atoms with E-state index in [1.165, 1.54) is 17.5 Å². The zero-order valence-corrected chi connectivity index (χ0v) is 19.1. The van der Waals surface area contributed by atoms with Gasteiger partial charge in [-0.2, -0.15) is 0 Å². The number of Topliss-reactive ketones (excluding diaryl/α,β-unsaturated/α-hetero) is 1. The molecule has 0 saturated carbocycles. The number of hydrogen-bond acceptors (Lipinski definition) is 4. The molecule has 0 spiro atoms. The first-order valence-corrected chi connectivity index (χ1v) is 12.0. The number of ether oxygens (including phenoxy) is 1. The first kappa shape index (κ1) is 23.0. The van der Waals surface area contributed by atoms with Crippen LogP contribution < -0.4 is 10.4 Å². The molecule has 2 aromatic rings. The van der Waals surface area contributed by atoms with Gasteiger partial charge in [0.05, 0.1) is 7.11 Å². The molecular formula is C24H32O4Si. The molecule has 156 valence electrons. The second-order valence-corrected chi connectivity index (χ2v) is 12.7. The second-order valence-electron chi connectivity index (χ2n) is 8.42. The summed E-state index contributed by atoms with van der Waals surface area (Å²) in [6.07, 6.45) is 0.569. The third-order valence-electron chi connectivity index (χ3n) is 5.19. The summed E-state index contributed by atoms with van der Waals surface area (Å²) in [7, 11) is -1.33. The molecule has 0 radical (unpaired) electrons. The number of carbonyl (C=O) groups excluding carboxylic acids is 2. The van der Waals surface area contributed by atoms with E-state index in [4.69, 9.17) is 4.43 Å². The molecular weight excluding hydrogens is 380 g/mol. The molecule has 2 aromatic carbocycles. The van der Waals surface area contributed by atoms with Crippen LogP contribution in [-0.2, 0) is 18.8 Å².